The van der Waals surface area contributed by atoms with Crippen LogP contribution in [0.25, 0.3) is 0 Å². The number of fused-ring (bicyclic) bond motifs is 1. The van der Waals surface area contributed by atoms with Crippen molar-refractivity contribution in [3.05, 3.63) is 52.7 Å². The molecule has 140 valence electrons. The monoisotopic (exact) mass is 373 g/mol. The molecule has 7 heteroatoms. The van der Waals surface area contributed by atoms with Crippen molar-refractivity contribution in [2.24, 2.45) is 17.1 Å². The summed E-state index contributed by atoms with van der Waals surface area (Å²) in [5, 5.41) is 29.6. The second kappa shape index (κ2) is 7.19. The first-order chi connectivity index (χ1) is 13.4. The first-order valence-electron chi connectivity index (χ1n) is 8.78. The maximum atomic E-state index is 11.2. The van der Waals surface area contributed by atoms with E-state index in [9.17, 15) is 20.6 Å². The molecule has 0 spiro atoms. The maximum absolute atomic E-state index is 11.2. The molecule has 1 aliphatic heterocycles. The van der Waals surface area contributed by atoms with Gasteiger partial charge in [-0.15, -0.1) is 0 Å². The predicted molar refractivity (Wildman–Crippen MR) is 100 cm³/mol. The summed E-state index contributed by atoms with van der Waals surface area (Å²) in [5.74, 6) is -0.845. The third-order valence-corrected chi connectivity index (χ3v) is 5.35. The normalized spacial score (nSPS) is 23.5. The van der Waals surface area contributed by atoms with Crippen LogP contribution >= 0.6 is 0 Å². The maximum Gasteiger partial charge on any atom is 0.308 e. The van der Waals surface area contributed by atoms with Crippen LogP contribution in [-0.2, 0) is 4.79 Å². The van der Waals surface area contributed by atoms with Gasteiger partial charge in [0.2, 0.25) is 0 Å². The van der Waals surface area contributed by atoms with E-state index in [0.717, 1.165) is 11.1 Å². The van der Waals surface area contributed by atoms with Gasteiger partial charge in [0, 0.05) is 31.8 Å². The van der Waals surface area contributed by atoms with Crippen molar-refractivity contribution in [1.29, 1.82) is 15.8 Å². The van der Waals surface area contributed by atoms with Crippen molar-refractivity contribution >= 4 is 5.97 Å². The van der Waals surface area contributed by atoms with Gasteiger partial charge in [0.05, 0.1) is 23.4 Å². The Morgan fingerprint density at radius 2 is 1.89 bits per heavy atom. The Balaban J connectivity index is 2.21. The second-order valence-corrected chi connectivity index (χ2v) is 7.06. The second-order valence-electron chi connectivity index (χ2n) is 7.06. The minimum atomic E-state index is -1.66. The molecule has 1 aliphatic carbocycles. The van der Waals surface area contributed by atoms with Gasteiger partial charge in [-0.2, -0.15) is 15.8 Å². The Labute approximate surface area is 163 Å². The summed E-state index contributed by atoms with van der Waals surface area (Å²) in [6, 6.07) is 13.0. The fourth-order valence-corrected chi connectivity index (χ4v) is 4.11. The van der Waals surface area contributed by atoms with Gasteiger partial charge >= 0.3 is 5.97 Å². The molecule has 0 saturated carbocycles. The van der Waals surface area contributed by atoms with Crippen LogP contribution in [0.1, 0.15) is 18.4 Å². The molecule has 0 bridgehead atoms. The van der Waals surface area contributed by atoms with E-state index in [-0.39, 0.29) is 17.2 Å². The number of hydrogen-bond acceptors (Lipinski definition) is 7. The summed E-state index contributed by atoms with van der Waals surface area (Å²) in [4.78, 5) is 13.2. The molecule has 2 aliphatic rings. The van der Waals surface area contributed by atoms with Crippen molar-refractivity contribution in [3.63, 3.8) is 0 Å². The molecular weight excluding hydrogens is 354 g/mol. The largest absolute Gasteiger partial charge is 0.427 e. The zero-order chi connectivity index (χ0) is 20.5. The summed E-state index contributed by atoms with van der Waals surface area (Å²) < 4.78 is 5.07. The van der Waals surface area contributed by atoms with Gasteiger partial charge in [-0.25, -0.2) is 0 Å². The number of allylic oxidation sites excluding steroid dienone is 2. The van der Waals surface area contributed by atoms with E-state index in [1.54, 1.807) is 24.3 Å². The van der Waals surface area contributed by atoms with E-state index < -0.39 is 17.3 Å². The quantitative estimate of drug-likeness (QED) is 0.620. The van der Waals surface area contributed by atoms with Gasteiger partial charge in [-0.3, -0.25) is 4.79 Å². The van der Waals surface area contributed by atoms with E-state index in [4.69, 9.17) is 10.5 Å². The molecule has 0 saturated heterocycles. The van der Waals surface area contributed by atoms with E-state index in [1.807, 2.05) is 13.1 Å². The zero-order valence-corrected chi connectivity index (χ0v) is 15.6. The number of esters is 1. The fraction of sp³-hybridized carbons (Fsp3) is 0.333. The molecule has 1 aromatic carbocycles. The zero-order valence-electron chi connectivity index (χ0n) is 15.6. The lowest BCUT2D eigenvalue weighted by Crippen LogP contribution is -2.47. The average molecular weight is 373 g/mol. The SMILES string of the molecule is CC(=O)Oc1ccc([C@H]2[C@H]3CN(C)CC=C3C(C#N)=C(N)C2(C#N)C#N)cc1. The highest BCUT2D eigenvalue weighted by Crippen LogP contribution is 2.54. The highest BCUT2D eigenvalue weighted by atomic mass is 16.5. The van der Waals surface area contributed by atoms with Gasteiger partial charge < -0.3 is 15.4 Å². The van der Waals surface area contributed by atoms with Gasteiger partial charge in [0.1, 0.15) is 11.8 Å². The van der Waals surface area contributed by atoms with Gasteiger partial charge in [0.25, 0.3) is 0 Å². The molecule has 1 aromatic rings. The van der Waals surface area contributed by atoms with Crippen LogP contribution in [0, 0.1) is 45.3 Å². The summed E-state index contributed by atoms with van der Waals surface area (Å²) in [5.41, 5.74) is 6.33. The van der Waals surface area contributed by atoms with Crippen LogP contribution in [0.3, 0.4) is 0 Å². The number of carbonyl (C=O) groups is 1. The number of hydrogen-bond donors (Lipinski definition) is 1. The Morgan fingerprint density at radius 3 is 2.43 bits per heavy atom. The molecule has 2 N–H and O–H groups in total. The van der Waals surface area contributed by atoms with Crippen LogP contribution < -0.4 is 10.5 Å². The topological polar surface area (TPSA) is 127 Å². The van der Waals surface area contributed by atoms with Gasteiger partial charge in [-0.1, -0.05) is 18.2 Å². The van der Waals surface area contributed by atoms with E-state index in [0.29, 0.717) is 18.8 Å². The minimum absolute atomic E-state index is 0.00103. The Kier molecular flexibility index (Phi) is 4.92. The summed E-state index contributed by atoms with van der Waals surface area (Å²) in [6.07, 6.45) is 1.94. The van der Waals surface area contributed by atoms with Crippen LogP contribution in [0.15, 0.2) is 47.2 Å². The minimum Gasteiger partial charge on any atom is -0.427 e. The molecule has 3 rings (SSSR count). The number of benzene rings is 1. The number of nitrogens with two attached hydrogens (primary N) is 1. The lowest BCUT2D eigenvalue weighted by molar-refractivity contribution is -0.131. The van der Waals surface area contributed by atoms with Crippen molar-refractivity contribution in [1.82, 2.24) is 4.90 Å². The molecule has 2 atom stereocenters. The van der Waals surface area contributed by atoms with Crippen LogP contribution in [-0.4, -0.2) is 31.0 Å². The fourth-order valence-electron chi connectivity index (χ4n) is 4.11. The molecule has 7 nitrogen and oxygen atoms in total. The van der Waals surface area contributed by atoms with Crippen molar-refractivity contribution in [2.75, 3.05) is 20.1 Å². The van der Waals surface area contributed by atoms with Crippen molar-refractivity contribution in [2.45, 2.75) is 12.8 Å². The van der Waals surface area contributed by atoms with Crippen LogP contribution in [0.5, 0.6) is 5.75 Å². The number of nitrogens with zero attached hydrogens (tertiary/aromatic N) is 4. The van der Waals surface area contributed by atoms with Gasteiger partial charge in [0.15, 0.2) is 5.41 Å². The molecule has 0 unspecified atom stereocenters. The molecule has 0 fully saturated rings. The first kappa shape index (κ1) is 19.2. The summed E-state index contributed by atoms with van der Waals surface area (Å²) >= 11 is 0. The number of ether oxygens (including phenoxy) is 1. The number of carbonyl (C=O) groups excluding carboxylic acids is 1. The summed E-state index contributed by atoms with van der Waals surface area (Å²) in [7, 11) is 1.95. The molecule has 28 heavy (non-hydrogen) atoms. The highest BCUT2D eigenvalue weighted by Gasteiger charge is 2.54. The highest BCUT2D eigenvalue weighted by molar-refractivity contribution is 5.69. The van der Waals surface area contributed by atoms with Crippen molar-refractivity contribution in [3.8, 4) is 24.0 Å². The predicted octanol–water partition coefficient (Wildman–Crippen LogP) is 1.97. The lowest BCUT2D eigenvalue weighted by Gasteiger charge is -2.45. The van der Waals surface area contributed by atoms with E-state index in [1.165, 1.54) is 6.92 Å². The molecule has 1 heterocycles. The molecule has 0 amide bonds. The smallest absolute Gasteiger partial charge is 0.308 e. The lowest BCUT2D eigenvalue weighted by atomic mass is 9.58. The first-order valence-corrected chi connectivity index (χ1v) is 8.78. The Morgan fingerprint density at radius 1 is 1.25 bits per heavy atom. The molecular formula is C21H19N5O2. The Bertz CT molecular complexity index is 987. The molecule has 0 aromatic heterocycles. The number of nitriles is 3. The molecule has 0 radical (unpaired) electrons. The van der Waals surface area contributed by atoms with Gasteiger partial charge in [-0.05, 0) is 30.3 Å². The Hall–Kier alpha value is -3.60. The third kappa shape index (κ3) is 2.91. The van der Waals surface area contributed by atoms with Crippen molar-refractivity contribution < 1.29 is 9.53 Å². The van der Waals surface area contributed by atoms with Crippen LogP contribution in [0.2, 0.25) is 0 Å². The third-order valence-electron chi connectivity index (χ3n) is 5.35. The average Bonchev–Trinajstić information content (AvgIpc) is 2.68. The number of rotatable bonds is 2. The summed E-state index contributed by atoms with van der Waals surface area (Å²) in [6.45, 7) is 2.57. The standard InChI is InChI=1S/C21H19N5O2/c1-13(27)28-15-5-3-14(4-6-15)19-18-10-26(2)8-7-16(18)17(9-22)20(25)21(19,11-23)12-24/h3-7,18-19H,8,10,25H2,1-2H3/t18-,19-/m0/s1. The van der Waals surface area contributed by atoms with E-state index in [2.05, 4.69) is 23.1 Å². The van der Waals surface area contributed by atoms with Crippen LogP contribution in [0.4, 0.5) is 0 Å². The van der Waals surface area contributed by atoms with E-state index >= 15 is 0 Å². The number of likely N-dealkylation sites (N-methyl/N-ethyl adjacent to an activating group) is 1.